The number of hydrogen-bond donors (Lipinski definition) is 0. The number of halogens is 2. The maximum Gasteiger partial charge on any atom is 0.160 e. The summed E-state index contributed by atoms with van der Waals surface area (Å²) in [4.78, 5) is 22.4. The van der Waals surface area contributed by atoms with Gasteiger partial charge >= 0.3 is 0 Å². The lowest BCUT2D eigenvalue weighted by Crippen LogP contribution is -2.44. The highest BCUT2D eigenvalue weighted by Gasteiger charge is 2.46. The fraction of sp³-hybridized carbons (Fsp3) is 0.268. The van der Waals surface area contributed by atoms with E-state index < -0.39 is 17.2 Å². The minimum atomic E-state index is -0.996. The van der Waals surface area contributed by atoms with Gasteiger partial charge in [-0.05, 0) is 91.7 Å². The van der Waals surface area contributed by atoms with Crippen LogP contribution in [0.5, 0.6) is 0 Å². The number of Topliss-reactive ketones (excluding diaryl/α,β-unsaturated/α-hetero) is 1. The molecule has 0 spiro atoms. The molecule has 3 aromatic heterocycles. The van der Waals surface area contributed by atoms with Crippen LogP contribution in [0.3, 0.4) is 0 Å². The van der Waals surface area contributed by atoms with Gasteiger partial charge in [-0.1, -0.05) is 91.0 Å². The summed E-state index contributed by atoms with van der Waals surface area (Å²) in [6.07, 6.45) is 5.87. The van der Waals surface area contributed by atoms with Gasteiger partial charge in [-0.25, -0.2) is 23.4 Å². The number of rotatable bonds is 8. The van der Waals surface area contributed by atoms with E-state index in [9.17, 15) is 4.79 Å². The van der Waals surface area contributed by atoms with E-state index in [-0.39, 0.29) is 17.6 Å². The van der Waals surface area contributed by atoms with Crippen LogP contribution >= 0.6 is 0 Å². The number of nitrogens with zero attached hydrogens (tertiary/aromatic N) is 4. The van der Waals surface area contributed by atoms with Crippen molar-refractivity contribution >= 4 is 16.8 Å². The predicted molar refractivity (Wildman–Crippen MR) is 182 cm³/mol. The average molecular weight is 639 g/mol. The highest BCUT2D eigenvalue weighted by atomic mass is 19.1. The number of carbonyl (C=O) groups is 1. The first-order valence-electron chi connectivity index (χ1n) is 16.8. The molecule has 3 aliphatic rings. The SMILES string of the molecule is CC(=O)C1C2CCC(CC2)[C@@H]1Cc1nc(-c2nn(C(c3ccccc3)(c3ccccc3)c3ccccc3)c3ncc(F)cc23)ccc1F. The number of benzene rings is 3. The summed E-state index contributed by atoms with van der Waals surface area (Å²) in [6, 6.07) is 34.8. The van der Waals surface area contributed by atoms with E-state index in [0.29, 0.717) is 46.4 Å². The second kappa shape index (κ2) is 12.2. The van der Waals surface area contributed by atoms with Crippen LogP contribution in [0.1, 0.15) is 55.0 Å². The zero-order valence-corrected chi connectivity index (χ0v) is 26.8. The molecule has 48 heavy (non-hydrogen) atoms. The first kappa shape index (κ1) is 30.3. The lowest BCUT2D eigenvalue weighted by molar-refractivity contribution is -0.130. The normalized spacial score (nSPS) is 20.6. The van der Waals surface area contributed by atoms with Crippen LogP contribution in [-0.2, 0) is 16.8 Å². The van der Waals surface area contributed by atoms with Gasteiger partial charge in [-0.3, -0.25) is 4.79 Å². The van der Waals surface area contributed by atoms with Crippen molar-refractivity contribution in [3.8, 4) is 11.4 Å². The molecule has 2 bridgehead atoms. The van der Waals surface area contributed by atoms with Gasteiger partial charge < -0.3 is 0 Å². The monoisotopic (exact) mass is 638 g/mol. The molecule has 0 radical (unpaired) electrons. The molecule has 0 aliphatic heterocycles. The van der Waals surface area contributed by atoms with Gasteiger partial charge in [0.1, 0.15) is 28.7 Å². The van der Waals surface area contributed by atoms with Crippen LogP contribution in [0.25, 0.3) is 22.4 Å². The van der Waals surface area contributed by atoms with Gasteiger partial charge in [-0.15, -0.1) is 0 Å². The maximum absolute atomic E-state index is 15.6. The fourth-order valence-corrected chi connectivity index (χ4v) is 8.79. The van der Waals surface area contributed by atoms with E-state index in [4.69, 9.17) is 10.1 Å². The third-order valence-corrected chi connectivity index (χ3v) is 10.8. The minimum absolute atomic E-state index is 0.0579. The van der Waals surface area contributed by atoms with Crippen molar-refractivity contribution in [2.45, 2.75) is 44.6 Å². The van der Waals surface area contributed by atoms with Crippen LogP contribution in [-0.4, -0.2) is 25.5 Å². The van der Waals surface area contributed by atoms with E-state index in [2.05, 4.69) is 41.4 Å². The predicted octanol–water partition coefficient (Wildman–Crippen LogP) is 8.80. The van der Waals surface area contributed by atoms with Gasteiger partial charge in [-0.2, -0.15) is 5.10 Å². The Morgan fingerprint density at radius 1 is 0.792 bits per heavy atom. The molecule has 3 saturated carbocycles. The van der Waals surface area contributed by atoms with E-state index in [1.165, 1.54) is 18.3 Å². The molecule has 3 aromatic carbocycles. The van der Waals surface area contributed by atoms with Crippen LogP contribution in [0.15, 0.2) is 115 Å². The lowest BCUT2D eigenvalue weighted by atomic mass is 9.56. The third kappa shape index (κ3) is 4.95. The van der Waals surface area contributed by atoms with Gasteiger partial charge in [0.2, 0.25) is 0 Å². The quantitative estimate of drug-likeness (QED) is 0.156. The Morgan fingerprint density at radius 2 is 1.35 bits per heavy atom. The number of ketones is 1. The Labute approximate surface area is 278 Å². The summed E-state index contributed by atoms with van der Waals surface area (Å²) in [5, 5.41) is 5.73. The smallest absolute Gasteiger partial charge is 0.160 e. The van der Waals surface area contributed by atoms with Crippen LogP contribution in [0, 0.1) is 35.3 Å². The Bertz CT molecular complexity index is 1990. The van der Waals surface area contributed by atoms with Crippen molar-refractivity contribution in [3.63, 3.8) is 0 Å². The highest BCUT2D eigenvalue weighted by Crippen LogP contribution is 2.50. The topological polar surface area (TPSA) is 60.7 Å². The number of hydrogen-bond acceptors (Lipinski definition) is 4. The Morgan fingerprint density at radius 3 is 1.92 bits per heavy atom. The molecule has 5 nitrogen and oxygen atoms in total. The highest BCUT2D eigenvalue weighted by molar-refractivity contribution is 5.91. The van der Waals surface area contributed by atoms with E-state index in [1.807, 2.05) is 59.3 Å². The average Bonchev–Trinajstić information content (AvgIpc) is 3.50. The van der Waals surface area contributed by atoms with Crippen LogP contribution < -0.4 is 0 Å². The van der Waals surface area contributed by atoms with Crippen molar-refractivity contribution in [2.75, 3.05) is 0 Å². The Balaban J connectivity index is 1.34. The molecule has 3 fully saturated rings. The van der Waals surface area contributed by atoms with E-state index >= 15 is 8.78 Å². The first-order valence-corrected chi connectivity index (χ1v) is 16.8. The minimum Gasteiger partial charge on any atom is -0.300 e. The molecule has 2 atom stereocenters. The van der Waals surface area contributed by atoms with Crippen molar-refractivity contribution in [2.24, 2.45) is 23.7 Å². The van der Waals surface area contributed by atoms with Crippen molar-refractivity contribution < 1.29 is 13.6 Å². The zero-order valence-electron chi connectivity index (χ0n) is 26.8. The van der Waals surface area contributed by atoms with E-state index in [1.54, 1.807) is 13.0 Å². The molecule has 9 rings (SSSR count). The summed E-state index contributed by atoms with van der Waals surface area (Å²) in [6.45, 7) is 1.68. The summed E-state index contributed by atoms with van der Waals surface area (Å²) in [5.74, 6) is 0.0262. The number of carbonyl (C=O) groups excluding carboxylic acids is 1. The Kier molecular flexibility index (Phi) is 7.70. The molecule has 1 unspecified atom stereocenters. The van der Waals surface area contributed by atoms with Crippen molar-refractivity contribution in [1.82, 2.24) is 19.7 Å². The van der Waals surface area contributed by atoms with Crippen molar-refractivity contribution in [3.05, 3.63) is 149 Å². The second-order valence-electron chi connectivity index (χ2n) is 13.4. The fourth-order valence-electron chi connectivity index (χ4n) is 8.79. The Hall–Kier alpha value is -5.04. The molecule has 0 amide bonds. The second-order valence-corrected chi connectivity index (χ2v) is 13.4. The van der Waals surface area contributed by atoms with Gasteiger partial charge in [0.15, 0.2) is 5.65 Å². The first-order chi connectivity index (χ1) is 23.4. The van der Waals surface area contributed by atoms with Gasteiger partial charge in [0.05, 0.1) is 23.0 Å². The lowest BCUT2D eigenvalue weighted by Gasteiger charge is -2.47. The van der Waals surface area contributed by atoms with Gasteiger partial charge in [0, 0.05) is 5.92 Å². The maximum atomic E-state index is 15.6. The molecule has 3 heterocycles. The molecule has 0 saturated heterocycles. The van der Waals surface area contributed by atoms with Crippen LogP contribution in [0.4, 0.5) is 8.78 Å². The summed E-state index contributed by atoms with van der Waals surface area (Å²) >= 11 is 0. The third-order valence-electron chi connectivity index (χ3n) is 10.8. The standard InChI is InChI=1S/C41H36F2N4O/c1-26(48)38-28-19-17-27(18-20-28)33(38)24-37-35(43)21-22-36(45-37)39-34-23-32(42)25-44-40(34)47(46-39)41(29-11-5-2-6-12-29,30-13-7-3-8-14-30)31-15-9-4-10-16-31/h2-16,21-23,25,27-28,33,38H,17-20,24H2,1H3/t27?,28?,33-,38?/m0/s1. The largest absolute Gasteiger partial charge is 0.300 e. The molecule has 240 valence electrons. The summed E-state index contributed by atoms with van der Waals surface area (Å²) in [7, 11) is 0. The molecule has 3 aliphatic carbocycles. The van der Waals surface area contributed by atoms with Crippen LogP contribution in [0.2, 0.25) is 0 Å². The zero-order chi connectivity index (χ0) is 32.8. The number of aromatic nitrogens is 4. The molecule has 7 heteroatoms. The number of fused-ring (bicyclic) bond motifs is 4. The van der Waals surface area contributed by atoms with E-state index in [0.717, 1.165) is 42.4 Å². The van der Waals surface area contributed by atoms with Gasteiger partial charge in [0.25, 0.3) is 0 Å². The summed E-state index contributed by atoms with van der Waals surface area (Å²) < 4.78 is 32.5. The number of pyridine rings is 2. The van der Waals surface area contributed by atoms with Crippen molar-refractivity contribution in [1.29, 1.82) is 0 Å². The molecule has 6 aromatic rings. The molecular formula is C41H36F2N4O. The molecular weight excluding hydrogens is 602 g/mol. The summed E-state index contributed by atoms with van der Waals surface area (Å²) in [5.41, 5.74) is 3.48. The molecule has 0 N–H and O–H groups in total.